The number of rotatable bonds is 7. The lowest BCUT2D eigenvalue weighted by Crippen LogP contribution is -2.44. The zero-order valence-electron chi connectivity index (χ0n) is 21.7. The average Bonchev–Trinajstić information content (AvgIpc) is 3.44. The Morgan fingerprint density at radius 1 is 1.11 bits per heavy atom. The minimum atomic E-state index is -0.215. The van der Waals surface area contributed by atoms with Crippen LogP contribution in [0, 0.1) is 6.92 Å². The van der Waals surface area contributed by atoms with E-state index in [-0.39, 0.29) is 5.91 Å². The monoisotopic (exact) mass is 518 g/mol. The molecule has 6 nitrogen and oxygen atoms in total. The van der Waals surface area contributed by atoms with E-state index < -0.39 is 0 Å². The zero-order chi connectivity index (χ0) is 25.8. The quantitative estimate of drug-likeness (QED) is 0.371. The highest BCUT2D eigenvalue weighted by molar-refractivity contribution is 6.32. The van der Waals surface area contributed by atoms with Crippen molar-refractivity contribution in [2.24, 2.45) is 0 Å². The van der Waals surface area contributed by atoms with E-state index in [9.17, 15) is 4.79 Å². The molecule has 2 aromatic carbocycles. The van der Waals surface area contributed by atoms with E-state index >= 15 is 0 Å². The summed E-state index contributed by atoms with van der Waals surface area (Å²) < 4.78 is 5.46. The van der Waals surface area contributed by atoms with Gasteiger partial charge >= 0.3 is 0 Å². The summed E-state index contributed by atoms with van der Waals surface area (Å²) in [6, 6.07) is 14.2. The van der Waals surface area contributed by atoms with E-state index in [2.05, 4.69) is 28.1 Å². The van der Waals surface area contributed by atoms with E-state index in [0.29, 0.717) is 17.4 Å². The third kappa shape index (κ3) is 6.08. The maximum Gasteiger partial charge on any atom is 0.248 e. The molecule has 5 rings (SSSR count). The normalized spacial score (nSPS) is 17.1. The van der Waals surface area contributed by atoms with Crippen molar-refractivity contribution >= 4 is 46.0 Å². The molecule has 0 atom stereocenters. The minimum Gasteiger partial charge on any atom is -0.494 e. The number of amides is 1. The van der Waals surface area contributed by atoms with Crippen molar-refractivity contribution in [3.8, 4) is 5.75 Å². The molecular formula is C30H35ClN4O2. The molecule has 0 bridgehead atoms. The third-order valence-corrected chi connectivity index (χ3v) is 7.74. The summed E-state index contributed by atoms with van der Waals surface area (Å²) in [5.74, 6) is 1.55. The van der Waals surface area contributed by atoms with Gasteiger partial charge in [0.15, 0.2) is 0 Å². The Balaban J connectivity index is 1.23. The number of halogens is 1. The first-order valence-corrected chi connectivity index (χ1v) is 13.7. The molecule has 2 aliphatic heterocycles. The number of benzene rings is 2. The number of hydrogen-bond donors (Lipinski definition) is 1. The molecule has 0 saturated carbocycles. The summed E-state index contributed by atoms with van der Waals surface area (Å²) >= 11 is 6.32. The van der Waals surface area contributed by atoms with E-state index in [4.69, 9.17) is 21.3 Å². The minimum absolute atomic E-state index is 0.215. The van der Waals surface area contributed by atoms with Gasteiger partial charge in [-0.25, -0.2) is 4.98 Å². The van der Waals surface area contributed by atoms with Crippen molar-refractivity contribution in [3.05, 3.63) is 64.7 Å². The van der Waals surface area contributed by atoms with Crippen LogP contribution in [0.4, 0.5) is 11.5 Å². The second-order valence-corrected chi connectivity index (χ2v) is 10.3. The average molecular weight is 519 g/mol. The number of likely N-dealkylation sites (tertiary alicyclic amines) is 1. The number of carbonyl (C=O) groups is 1. The van der Waals surface area contributed by atoms with Crippen LogP contribution >= 0.6 is 11.6 Å². The number of ether oxygens (including phenoxy) is 1. The number of nitrogens with zero attached hydrogens (tertiary/aromatic N) is 3. The Morgan fingerprint density at radius 3 is 2.62 bits per heavy atom. The Kier molecular flexibility index (Phi) is 7.96. The van der Waals surface area contributed by atoms with E-state index in [1.807, 2.05) is 37.3 Å². The predicted molar refractivity (Wildman–Crippen MR) is 153 cm³/mol. The fourth-order valence-corrected chi connectivity index (χ4v) is 5.67. The number of aryl methyl sites for hydroxylation is 1. The Bertz CT molecular complexity index is 1290. The van der Waals surface area contributed by atoms with Gasteiger partial charge in [0.1, 0.15) is 11.6 Å². The zero-order valence-corrected chi connectivity index (χ0v) is 22.4. The first-order chi connectivity index (χ1) is 18.0. The fraction of sp³-hybridized carbons (Fsp3) is 0.400. The number of carbonyl (C=O) groups excluding carboxylic acids is 1. The van der Waals surface area contributed by atoms with Crippen LogP contribution in [0.5, 0.6) is 5.75 Å². The molecule has 0 radical (unpaired) electrons. The molecule has 7 heteroatoms. The lowest BCUT2D eigenvalue weighted by molar-refractivity contribution is -0.111. The van der Waals surface area contributed by atoms with Gasteiger partial charge in [0.05, 0.1) is 17.1 Å². The van der Waals surface area contributed by atoms with Crippen molar-refractivity contribution in [1.82, 2.24) is 9.88 Å². The van der Waals surface area contributed by atoms with Gasteiger partial charge in [-0.3, -0.25) is 4.79 Å². The Hall–Kier alpha value is -3.09. The molecule has 2 saturated heterocycles. The smallest absolute Gasteiger partial charge is 0.248 e. The Labute approximate surface area is 224 Å². The molecule has 0 unspecified atom stereocenters. The molecule has 2 fully saturated rings. The van der Waals surface area contributed by atoms with Crippen LogP contribution in [0.2, 0.25) is 5.02 Å². The van der Waals surface area contributed by atoms with Gasteiger partial charge in [-0.15, -0.1) is 0 Å². The third-order valence-electron chi connectivity index (χ3n) is 7.41. The number of pyridine rings is 1. The lowest BCUT2D eigenvalue weighted by Gasteiger charge is -2.37. The van der Waals surface area contributed by atoms with Crippen molar-refractivity contribution in [2.75, 3.05) is 43.0 Å². The second kappa shape index (κ2) is 11.5. The van der Waals surface area contributed by atoms with Gasteiger partial charge in [0, 0.05) is 36.3 Å². The van der Waals surface area contributed by atoms with Gasteiger partial charge in [-0.05, 0) is 112 Å². The number of aromatic nitrogens is 1. The molecular weight excluding hydrogens is 484 g/mol. The molecule has 37 heavy (non-hydrogen) atoms. The second-order valence-electron chi connectivity index (χ2n) is 9.93. The van der Waals surface area contributed by atoms with Gasteiger partial charge in [0.25, 0.3) is 0 Å². The van der Waals surface area contributed by atoms with Gasteiger partial charge < -0.3 is 19.9 Å². The van der Waals surface area contributed by atoms with E-state index in [1.165, 1.54) is 44.8 Å². The van der Waals surface area contributed by atoms with Crippen LogP contribution in [-0.4, -0.2) is 54.6 Å². The molecule has 0 aliphatic carbocycles. The van der Waals surface area contributed by atoms with Gasteiger partial charge in [0.2, 0.25) is 5.91 Å². The summed E-state index contributed by atoms with van der Waals surface area (Å²) in [4.78, 5) is 22.6. The molecule has 1 N–H and O–H groups in total. The van der Waals surface area contributed by atoms with Crippen molar-refractivity contribution in [2.45, 2.75) is 45.6 Å². The topological polar surface area (TPSA) is 57.7 Å². The Morgan fingerprint density at radius 2 is 1.89 bits per heavy atom. The highest BCUT2D eigenvalue weighted by atomic mass is 35.5. The highest BCUT2D eigenvalue weighted by Crippen LogP contribution is 2.29. The van der Waals surface area contributed by atoms with Crippen LogP contribution in [-0.2, 0) is 4.79 Å². The molecule has 194 valence electrons. The molecule has 3 heterocycles. The molecule has 1 aromatic heterocycles. The summed E-state index contributed by atoms with van der Waals surface area (Å²) in [5.41, 5.74) is 3.61. The number of piperidine rings is 1. The SMILES string of the molecule is CCOc1ccc(C=CC(=O)Nc2ccc3nc(N4CCC(N5CCCC5)CC4)cc(C)c3c2)c(Cl)c1. The van der Waals surface area contributed by atoms with E-state index in [1.54, 1.807) is 12.1 Å². The number of fused-ring (bicyclic) bond motifs is 1. The van der Waals surface area contributed by atoms with Crippen molar-refractivity contribution < 1.29 is 9.53 Å². The lowest BCUT2D eigenvalue weighted by atomic mass is 10.0. The summed E-state index contributed by atoms with van der Waals surface area (Å²) in [6.45, 7) is 9.26. The number of anilines is 2. The molecule has 1 amide bonds. The highest BCUT2D eigenvalue weighted by Gasteiger charge is 2.27. The van der Waals surface area contributed by atoms with Gasteiger partial charge in [-0.1, -0.05) is 11.6 Å². The van der Waals surface area contributed by atoms with Crippen LogP contribution in [0.1, 0.15) is 43.7 Å². The van der Waals surface area contributed by atoms with E-state index in [0.717, 1.165) is 52.7 Å². The van der Waals surface area contributed by atoms with Crippen molar-refractivity contribution in [3.63, 3.8) is 0 Å². The standard InChI is InChI=1S/C30H35ClN4O2/c1-3-37-25-9-6-22(27(31)20-25)7-11-30(36)32-23-8-10-28-26(19-23)21(2)18-29(33-28)35-16-12-24(13-17-35)34-14-4-5-15-34/h6-11,18-20,24H,3-5,12-17H2,1-2H3,(H,32,36). The fourth-order valence-electron chi connectivity index (χ4n) is 5.43. The summed E-state index contributed by atoms with van der Waals surface area (Å²) in [7, 11) is 0. The number of nitrogens with one attached hydrogen (secondary N) is 1. The number of hydrogen-bond acceptors (Lipinski definition) is 5. The predicted octanol–water partition coefficient (Wildman–Crippen LogP) is 6.31. The first-order valence-electron chi connectivity index (χ1n) is 13.3. The summed E-state index contributed by atoms with van der Waals surface area (Å²) in [6.07, 6.45) is 8.31. The molecule has 0 spiro atoms. The largest absolute Gasteiger partial charge is 0.494 e. The van der Waals surface area contributed by atoms with Crippen LogP contribution < -0.4 is 15.0 Å². The first kappa shape index (κ1) is 25.6. The van der Waals surface area contributed by atoms with Crippen LogP contribution in [0.15, 0.2) is 48.5 Å². The molecule has 2 aliphatic rings. The van der Waals surface area contributed by atoms with Crippen LogP contribution in [0.3, 0.4) is 0 Å². The van der Waals surface area contributed by atoms with Crippen LogP contribution in [0.25, 0.3) is 17.0 Å². The summed E-state index contributed by atoms with van der Waals surface area (Å²) in [5, 5.41) is 4.54. The van der Waals surface area contributed by atoms with Crippen molar-refractivity contribution in [1.29, 1.82) is 0 Å². The maximum absolute atomic E-state index is 12.6. The maximum atomic E-state index is 12.6. The molecule has 3 aromatic rings. The van der Waals surface area contributed by atoms with Gasteiger partial charge in [-0.2, -0.15) is 0 Å².